The molecule has 35 heteroatoms. The van der Waals surface area contributed by atoms with E-state index in [-0.39, 0.29) is 24.2 Å². The number of rotatable bonds is 32. The number of fused-ring (bicyclic) bond motifs is 1. The predicted octanol–water partition coefficient (Wildman–Crippen LogP) is 20.3. The molecule has 15 aromatic rings. The molecule has 30 nitrogen and oxygen atoms in total. The highest BCUT2D eigenvalue weighted by Gasteiger charge is 2.38. The van der Waals surface area contributed by atoms with Crippen molar-refractivity contribution in [2.24, 2.45) is 0 Å². The smallest absolute Gasteiger partial charge is 0.239 e. The van der Waals surface area contributed by atoms with Gasteiger partial charge in [-0.05, 0) is 248 Å². The summed E-state index contributed by atoms with van der Waals surface area (Å²) in [4.78, 5) is 21.6. The van der Waals surface area contributed by atoms with Crippen molar-refractivity contribution in [1.29, 1.82) is 0 Å². The Morgan fingerprint density at radius 3 is 1.06 bits per heavy atom. The van der Waals surface area contributed by atoms with Gasteiger partial charge in [0.25, 0.3) is 0 Å². The van der Waals surface area contributed by atoms with Gasteiger partial charge < -0.3 is 46.5 Å². The van der Waals surface area contributed by atoms with Crippen LogP contribution < -0.4 is 37.9 Å². The van der Waals surface area contributed by atoms with E-state index in [1.165, 1.54) is 31.5 Å². The van der Waals surface area contributed by atoms with Gasteiger partial charge >= 0.3 is 0 Å². The topological polar surface area (TPSA) is 349 Å². The third kappa shape index (κ3) is 29.4. The molecule has 0 saturated carbocycles. The van der Waals surface area contributed by atoms with E-state index >= 15 is 0 Å². The zero-order valence-electron chi connectivity index (χ0n) is 84.6. The van der Waals surface area contributed by atoms with Crippen molar-refractivity contribution in [3.05, 3.63) is 414 Å². The summed E-state index contributed by atoms with van der Waals surface area (Å²) in [5.41, 5.74) is 21.9. The Kier molecular flexibility index (Phi) is 36.4. The fourth-order valence-corrected chi connectivity index (χ4v) is 22.0. The first-order valence-corrected chi connectivity index (χ1v) is 54.5. The SMILES string of the molecule is COc1cc(/C=C/S(=O)(=O)N(C)Cc2ccccc2)ccc1-n1cnc(C)c1.COc1cc(/C=C/S(=O)(=O)N[C@@H](C)c2ccc(C)cc2)ccc1-n1cnc(C)c1.COc1cc(/C=C/S(=O)(=O)N[C@@H]2CCc3ccccc32)ccc1-n1cnc(C)c1.COc1cc(/C=C/S(=O)(=O)N[C@H](C)c2ccc(C)cc2)ccc1-n1cnc(C)c1.COc1cc(/C=C2\CCN(C(C)c3ccc(C)cc3)S2(=O)=O)ccc1-n1cnc(C)c1. The zero-order valence-corrected chi connectivity index (χ0v) is 88.7. The molecular weight excluding hydrogens is 1940 g/mol. The molecule has 0 radical (unpaired) electrons. The molecule has 3 N–H and O–H groups in total. The predicted molar refractivity (Wildman–Crippen MR) is 578 cm³/mol. The molecule has 0 amide bonds. The summed E-state index contributed by atoms with van der Waals surface area (Å²) >= 11 is 0. The highest BCUT2D eigenvalue weighted by molar-refractivity contribution is 7.94. The van der Waals surface area contributed by atoms with Crippen LogP contribution in [0.5, 0.6) is 28.7 Å². The molecule has 17 rings (SSSR count). The molecular formula is C111H123N15O15S5. The lowest BCUT2D eigenvalue weighted by molar-refractivity contribution is 0.369. The number of hydrogen-bond acceptors (Lipinski definition) is 20. The van der Waals surface area contributed by atoms with Crippen LogP contribution in [0.1, 0.15) is 164 Å². The normalized spacial score (nSPS) is 14.6. The van der Waals surface area contributed by atoms with Crippen molar-refractivity contribution >= 4 is 80.5 Å². The second-order valence-electron chi connectivity index (χ2n) is 35.4. The number of aromatic nitrogens is 10. The number of methoxy groups -OCH3 is 5. The van der Waals surface area contributed by atoms with Crippen molar-refractivity contribution in [1.82, 2.24) is 70.5 Å². The molecule has 1 aliphatic carbocycles. The minimum Gasteiger partial charge on any atom is -0.495 e. The van der Waals surface area contributed by atoms with Gasteiger partial charge in [0.05, 0.1) is 129 Å². The molecule has 4 atom stereocenters. The van der Waals surface area contributed by atoms with Crippen molar-refractivity contribution < 1.29 is 65.8 Å². The van der Waals surface area contributed by atoms with E-state index in [4.69, 9.17) is 23.7 Å². The zero-order chi connectivity index (χ0) is 105. The summed E-state index contributed by atoms with van der Waals surface area (Å²) in [7, 11) is -8.33. The van der Waals surface area contributed by atoms with E-state index in [9.17, 15) is 42.1 Å². The van der Waals surface area contributed by atoms with Gasteiger partial charge in [0.15, 0.2) is 0 Å². The van der Waals surface area contributed by atoms with E-state index in [1.807, 2.05) is 324 Å². The molecule has 10 aromatic carbocycles. The maximum absolute atomic E-state index is 13.2. The lowest BCUT2D eigenvalue weighted by Gasteiger charge is -2.23. The van der Waals surface area contributed by atoms with E-state index < -0.39 is 50.1 Å². The standard InChI is InChI=1S/C24H27N3O3S.C22H23N3O3S.2C22H25N3O3S.C21H23N3O3S/c1-17-5-8-21(9-6-17)19(3)27-12-11-22(31(27,28)29)13-20-7-10-23(24(14-20)30-4)26-15-18(2)25-16-26;1-16-14-25(15-23-16)21-10-7-17(13-22(21)28-2)11-12-29(26,27)24-20-9-8-18-5-3-4-6-19(18)20;2*1-16-5-8-20(9-6-16)18(3)24-29(26,27)12-11-19-7-10-21(22(13-19)28-4)25-14-17(2)23-15-25;1-17-14-24(16-22-17)20-10-9-18(13-21(20)27-3)11-12-28(25,26)23(2)15-19-7-5-4-6-8-19/h5-10,13-16,19H,11-12H2,1-4H3;3-7,10-15,20,24H,8-9H2,1-2H3;2*5-15,18,24H,1-4H3;4-14,16H,15H2,1-3H3/b22-13+;4*12-11+/t;20-;2*18-;/m.110./s1. The van der Waals surface area contributed by atoms with Crippen molar-refractivity contribution in [2.75, 3.05) is 49.1 Å². The summed E-state index contributed by atoms with van der Waals surface area (Å²) < 4.78 is 174. The van der Waals surface area contributed by atoms with Gasteiger partial charge in [-0.15, -0.1) is 0 Å². The highest BCUT2D eigenvalue weighted by atomic mass is 32.2. The van der Waals surface area contributed by atoms with Crippen LogP contribution >= 0.6 is 0 Å². The second-order valence-corrected chi connectivity index (χ2v) is 44.0. The maximum Gasteiger partial charge on any atom is 0.239 e. The van der Waals surface area contributed by atoms with Crippen LogP contribution in [0.2, 0.25) is 0 Å². The van der Waals surface area contributed by atoms with Crippen LogP contribution in [-0.4, -0.2) is 148 Å². The summed E-state index contributed by atoms with van der Waals surface area (Å²) in [6.45, 7) is 22.0. The average Bonchev–Trinajstić information content (AvgIpc) is 1.62. The van der Waals surface area contributed by atoms with Gasteiger partial charge in [0, 0.05) is 96.9 Å². The van der Waals surface area contributed by atoms with E-state index in [2.05, 4.69) is 45.2 Å². The highest BCUT2D eigenvalue weighted by Crippen LogP contribution is 2.39. The third-order valence-corrected chi connectivity index (χ3v) is 31.3. The number of aryl methyl sites for hydroxylation is 9. The number of imidazole rings is 5. The molecule has 0 bridgehead atoms. The molecule has 762 valence electrons. The van der Waals surface area contributed by atoms with Crippen LogP contribution in [0.25, 0.3) is 58.8 Å². The summed E-state index contributed by atoms with van der Waals surface area (Å²) in [5.74, 6) is 3.19. The van der Waals surface area contributed by atoms with Crippen molar-refractivity contribution in [2.45, 2.75) is 126 Å². The van der Waals surface area contributed by atoms with Crippen molar-refractivity contribution in [3.63, 3.8) is 0 Å². The Hall–Kier alpha value is -14.5. The first-order valence-electron chi connectivity index (χ1n) is 46.9. The van der Waals surface area contributed by atoms with Crippen LogP contribution in [0.15, 0.2) is 308 Å². The van der Waals surface area contributed by atoms with Crippen LogP contribution in [-0.2, 0) is 63.1 Å². The average molecular weight is 2070 g/mol. The van der Waals surface area contributed by atoms with E-state index in [0.717, 1.165) is 142 Å². The lowest BCUT2D eigenvalue weighted by atomic mass is 10.1. The molecule has 1 aliphatic heterocycles. The first-order chi connectivity index (χ1) is 69.7. The van der Waals surface area contributed by atoms with Gasteiger partial charge in [0.2, 0.25) is 50.1 Å². The maximum atomic E-state index is 13.2. The quantitative estimate of drug-likeness (QED) is 0.0352. The van der Waals surface area contributed by atoms with Gasteiger partial charge in [-0.3, -0.25) is 0 Å². The fraction of sp³-hybridized carbons (Fsp3) is 0.234. The summed E-state index contributed by atoms with van der Waals surface area (Å²) in [6, 6.07) is 67.7. The second kappa shape index (κ2) is 48.9. The molecule has 1 saturated heterocycles. The number of nitrogens with one attached hydrogen (secondary N) is 3. The van der Waals surface area contributed by atoms with Gasteiger partial charge in [-0.2, -0.15) is 8.61 Å². The number of sulfonamides is 5. The Morgan fingerprint density at radius 2 is 0.712 bits per heavy atom. The molecule has 146 heavy (non-hydrogen) atoms. The molecule has 1 fully saturated rings. The fourth-order valence-electron chi connectivity index (χ4n) is 16.2. The Morgan fingerprint density at radius 1 is 0.390 bits per heavy atom. The summed E-state index contributed by atoms with van der Waals surface area (Å²) in [5, 5.41) is 4.77. The molecule has 1 unspecified atom stereocenters. The third-order valence-electron chi connectivity index (χ3n) is 24.2. The minimum absolute atomic E-state index is 0.178. The van der Waals surface area contributed by atoms with Crippen LogP contribution in [0, 0.1) is 55.4 Å². The Labute approximate surface area is 857 Å². The van der Waals surface area contributed by atoms with Crippen molar-refractivity contribution in [3.8, 4) is 57.2 Å². The Bertz CT molecular complexity index is 7650. The van der Waals surface area contributed by atoms with Gasteiger partial charge in [0.1, 0.15) is 28.7 Å². The van der Waals surface area contributed by atoms with Gasteiger partial charge in [-0.1, -0.05) is 174 Å². The van der Waals surface area contributed by atoms with Crippen LogP contribution in [0.3, 0.4) is 0 Å². The van der Waals surface area contributed by atoms with E-state index in [1.54, 1.807) is 127 Å². The summed E-state index contributed by atoms with van der Waals surface area (Å²) in [6.07, 6.45) is 28.3. The Balaban J connectivity index is 0.000000153. The number of ether oxygens (including phenoxy) is 5. The number of benzene rings is 10. The van der Waals surface area contributed by atoms with Crippen LogP contribution in [0.4, 0.5) is 0 Å². The van der Waals surface area contributed by atoms with Gasteiger partial charge in [-0.25, -0.2) is 81.2 Å². The molecule has 2 aliphatic rings. The first kappa shape index (κ1) is 109. The molecule has 6 heterocycles. The minimum atomic E-state index is -3.60. The number of nitrogens with zero attached hydrogens (tertiary/aromatic N) is 12. The molecule has 0 spiro atoms. The molecule has 5 aromatic heterocycles. The monoisotopic (exact) mass is 2070 g/mol. The number of hydrogen-bond donors (Lipinski definition) is 3. The largest absolute Gasteiger partial charge is 0.495 e. The lowest BCUT2D eigenvalue weighted by Crippen LogP contribution is -2.28. The van der Waals surface area contributed by atoms with E-state index in [0.29, 0.717) is 53.2 Å².